The van der Waals surface area contributed by atoms with E-state index in [0.717, 1.165) is 0 Å². The van der Waals surface area contributed by atoms with Crippen molar-refractivity contribution in [2.45, 2.75) is 13.0 Å². The van der Waals surface area contributed by atoms with Gasteiger partial charge in [0.2, 0.25) is 0 Å². The normalized spacial score (nSPS) is 11.3. The first-order valence-corrected chi connectivity index (χ1v) is 4.63. The van der Waals surface area contributed by atoms with Crippen LogP contribution in [0.15, 0.2) is 18.2 Å². The Bertz CT molecular complexity index is 437. The zero-order valence-corrected chi connectivity index (χ0v) is 9.06. The Balaban J connectivity index is 3.11. The van der Waals surface area contributed by atoms with Gasteiger partial charge >= 0.3 is 0 Å². The summed E-state index contributed by atoms with van der Waals surface area (Å²) in [5.74, 6) is 2.98. The lowest BCUT2D eigenvalue weighted by atomic mass is 10.2. The van der Waals surface area contributed by atoms with E-state index in [1.807, 2.05) is 0 Å². The van der Waals surface area contributed by atoms with Gasteiger partial charge in [-0.3, -0.25) is 10.1 Å². The third-order valence-corrected chi connectivity index (χ3v) is 2.02. The minimum atomic E-state index is -0.467. The first-order valence-electron chi connectivity index (χ1n) is 4.63. The highest BCUT2D eigenvalue weighted by atomic mass is 16.6. The van der Waals surface area contributed by atoms with E-state index in [2.05, 4.69) is 11.2 Å². The van der Waals surface area contributed by atoms with Crippen LogP contribution in [0.25, 0.3) is 0 Å². The summed E-state index contributed by atoms with van der Waals surface area (Å²) in [5, 5.41) is 13.6. The average Bonchev–Trinajstić information content (AvgIpc) is 2.28. The van der Waals surface area contributed by atoms with Crippen LogP contribution in [-0.2, 0) is 0 Å². The number of hydrogen-bond donors (Lipinski definition) is 1. The first-order chi connectivity index (χ1) is 7.58. The van der Waals surface area contributed by atoms with Crippen LogP contribution in [-0.4, -0.2) is 18.1 Å². The van der Waals surface area contributed by atoms with Gasteiger partial charge in [0, 0.05) is 12.1 Å². The molecule has 1 N–H and O–H groups in total. The van der Waals surface area contributed by atoms with Crippen molar-refractivity contribution >= 4 is 11.4 Å². The lowest BCUT2D eigenvalue weighted by Crippen LogP contribution is -2.13. The van der Waals surface area contributed by atoms with E-state index >= 15 is 0 Å². The molecule has 0 aliphatic heterocycles. The molecule has 16 heavy (non-hydrogen) atoms. The first kappa shape index (κ1) is 11.9. The zero-order valence-electron chi connectivity index (χ0n) is 9.06. The number of nitrogens with one attached hydrogen (secondary N) is 1. The van der Waals surface area contributed by atoms with Crippen LogP contribution in [0.2, 0.25) is 0 Å². The summed E-state index contributed by atoms with van der Waals surface area (Å²) in [5.41, 5.74) is 0.331. The lowest BCUT2D eigenvalue weighted by molar-refractivity contribution is -0.384. The lowest BCUT2D eigenvalue weighted by Gasteiger charge is -2.10. The van der Waals surface area contributed by atoms with Gasteiger partial charge < -0.3 is 10.1 Å². The van der Waals surface area contributed by atoms with E-state index in [4.69, 9.17) is 11.2 Å². The van der Waals surface area contributed by atoms with Crippen LogP contribution in [0.5, 0.6) is 5.75 Å². The molecule has 5 nitrogen and oxygen atoms in total. The Kier molecular flexibility index (Phi) is 3.72. The number of nitro groups is 1. The molecule has 1 unspecified atom stereocenters. The molecule has 0 bridgehead atoms. The molecule has 0 fully saturated rings. The van der Waals surface area contributed by atoms with Gasteiger partial charge in [0.1, 0.15) is 11.4 Å². The monoisotopic (exact) mass is 220 g/mol. The Morgan fingerprint density at radius 2 is 2.31 bits per heavy atom. The van der Waals surface area contributed by atoms with E-state index in [1.165, 1.54) is 19.2 Å². The Morgan fingerprint density at radius 3 is 2.81 bits per heavy atom. The van der Waals surface area contributed by atoms with Crippen LogP contribution in [0.1, 0.15) is 6.92 Å². The zero-order chi connectivity index (χ0) is 12.1. The van der Waals surface area contributed by atoms with E-state index < -0.39 is 4.92 Å². The minimum Gasteiger partial charge on any atom is -0.497 e. The third-order valence-electron chi connectivity index (χ3n) is 2.02. The summed E-state index contributed by atoms with van der Waals surface area (Å²) in [6, 6.07) is 4.17. The summed E-state index contributed by atoms with van der Waals surface area (Å²) in [7, 11) is 1.50. The standard InChI is InChI=1S/C11H12N2O3/c1-4-8(2)12-10-7-9(16-3)5-6-11(10)13(14)15/h1,5-8,12H,2-3H3. The van der Waals surface area contributed by atoms with Gasteiger partial charge in [-0.25, -0.2) is 0 Å². The van der Waals surface area contributed by atoms with E-state index in [9.17, 15) is 10.1 Å². The van der Waals surface area contributed by atoms with Gasteiger partial charge in [-0.15, -0.1) is 6.42 Å². The number of nitrogens with zero attached hydrogens (tertiary/aromatic N) is 1. The quantitative estimate of drug-likeness (QED) is 0.479. The SMILES string of the molecule is C#CC(C)Nc1cc(OC)ccc1[N+](=O)[O-]. The van der Waals surface area contributed by atoms with Gasteiger partial charge in [0.15, 0.2) is 0 Å². The second-order valence-electron chi connectivity index (χ2n) is 3.17. The molecule has 5 heteroatoms. The second kappa shape index (κ2) is 5.03. The largest absolute Gasteiger partial charge is 0.497 e. The number of ether oxygens (including phenoxy) is 1. The summed E-state index contributed by atoms with van der Waals surface area (Å²) in [4.78, 5) is 10.3. The van der Waals surface area contributed by atoms with Gasteiger partial charge in [0.25, 0.3) is 5.69 Å². The van der Waals surface area contributed by atoms with Crippen molar-refractivity contribution in [2.75, 3.05) is 12.4 Å². The van der Waals surface area contributed by atoms with Gasteiger partial charge in [-0.2, -0.15) is 0 Å². The number of hydrogen-bond acceptors (Lipinski definition) is 4. The van der Waals surface area contributed by atoms with E-state index in [0.29, 0.717) is 11.4 Å². The number of nitro benzene ring substituents is 1. The van der Waals surface area contributed by atoms with Crippen LogP contribution in [0.3, 0.4) is 0 Å². The number of methoxy groups -OCH3 is 1. The summed E-state index contributed by atoms with van der Waals surface area (Å²) in [6.45, 7) is 1.74. The smallest absolute Gasteiger partial charge is 0.292 e. The number of rotatable bonds is 4. The maximum Gasteiger partial charge on any atom is 0.292 e. The van der Waals surface area contributed by atoms with Crippen LogP contribution in [0, 0.1) is 22.5 Å². The Morgan fingerprint density at radius 1 is 1.62 bits per heavy atom. The fraction of sp³-hybridized carbons (Fsp3) is 0.273. The summed E-state index contributed by atoms with van der Waals surface area (Å²) >= 11 is 0. The van der Waals surface area contributed by atoms with E-state index in [-0.39, 0.29) is 11.7 Å². The molecule has 0 amide bonds. The number of terminal acetylenes is 1. The molecule has 0 saturated carbocycles. The van der Waals surface area contributed by atoms with Crippen molar-refractivity contribution in [1.82, 2.24) is 0 Å². The predicted molar refractivity (Wildman–Crippen MR) is 61.6 cm³/mol. The van der Waals surface area contributed by atoms with Crippen LogP contribution in [0.4, 0.5) is 11.4 Å². The van der Waals surface area contributed by atoms with E-state index in [1.54, 1.807) is 13.0 Å². The molecule has 0 spiro atoms. The van der Waals surface area contributed by atoms with Crippen molar-refractivity contribution in [1.29, 1.82) is 0 Å². The average molecular weight is 220 g/mol. The molecule has 0 heterocycles. The van der Waals surface area contributed by atoms with Crippen molar-refractivity contribution in [3.63, 3.8) is 0 Å². The molecule has 0 saturated heterocycles. The topological polar surface area (TPSA) is 64.4 Å². The molecule has 0 radical (unpaired) electrons. The molecule has 0 aliphatic rings. The molecule has 0 aromatic heterocycles. The van der Waals surface area contributed by atoms with Crippen LogP contribution >= 0.6 is 0 Å². The maximum absolute atomic E-state index is 10.8. The number of benzene rings is 1. The highest BCUT2D eigenvalue weighted by molar-refractivity contribution is 5.65. The molecule has 1 atom stereocenters. The molecular weight excluding hydrogens is 208 g/mol. The van der Waals surface area contributed by atoms with Gasteiger partial charge in [0.05, 0.1) is 18.1 Å². The molecule has 1 rings (SSSR count). The fourth-order valence-electron chi connectivity index (χ4n) is 1.19. The Labute approximate surface area is 93.6 Å². The fourth-order valence-corrected chi connectivity index (χ4v) is 1.19. The molecule has 1 aromatic rings. The highest BCUT2D eigenvalue weighted by Gasteiger charge is 2.15. The highest BCUT2D eigenvalue weighted by Crippen LogP contribution is 2.29. The van der Waals surface area contributed by atoms with Gasteiger partial charge in [-0.1, -0.05) is 5.92 Å². The third kappa shape index (κ3) is 2.64. The predicted octanol–water partition coefficient (Wildman–Crippen LogP) is 2.04. The van der Waals surface area contributed by atoms with Crippen molar-refractivity contribution < 1.29 is 9.66 Å². The van der Waals surface area contributed by atoms with Crippen molar-refractivity contribution in [3.05, 3.63) is 28.3 Å². The summed E-state index contributed by atoms with van der Waals surface area (Å²) in [6.07, 6.45) is 5.20. The minimum absolute atomic E-state index is 0.0251. The molecule has 0 aliphatic carbocycles. The Hall–Kier alpha value is -2.22. The molecule has 1 aromatic carbocycles. The summed E-state index contributed by atoms with van der Waals surface area (Å²) < 4.78 is 4.99. The molecular formula is C11H12N2O3. The molecule has 84 valence electrons. The van der Waals surface area contributed by atoms with Crippen LogP contribution < -0.4 is 10.1 Å². The second-order valence-corrected chi connectivity index (χ2v) is 3.17. The maximum atomic E-state index is 10.8. The van der Waals surface area contributed by atoms with Gasteiger partial charge in [-0.05, 0) is 13.0 Å². The van der Waals surface area contributed by atoms with Crippen molar-refractivity contribution in [3.8, 4) is 18.1 Å². The van der Waals surface area contributed by atoms with Crippen molar-refractivity contribution in [2.24, 2.45) is 0 Å². The number of anilines is 1.